The first-order valence-electron chi connectivity index (χ1n) is 8.99. The molecule has 1 saturated heterocycles. The molecule has 6 nitrogen and oxygen atoms in total. The zero-order chi connectivity index (χ0) is 20.3. The molecule has 0 radical (unpaired) electrons. The number of halogens is 1. The number of aliphatic hydroxyl groups excluding tert-OH is 1. The predicted molar refractivity (Wildman–Crippen MR) is 103 cm³/mol. The van der Waals surface area contributed by atoms with Crippen LogP contribution in [0.2, 0.25) is 0 Å². The largest absolute Gasteiger partial charge is 0.507 e. The Morgan fingerprint density at radius 2 is 1.93 bits per heavy atom. The fourth-order valence-corrected chi connectivity index (χ4v) is 3.32. The van der Waals surface area contributed by atoms with Crippen molar-refractivity contribution in [3.05, 3.63) is 71.3 Å². The maximum Gasteiger partial charge on any atom is 0.295 e. The summed E-state index contributed by atoms with van der Waals surface area (Å²) in [4.78, 5) is 33.0. The minimum Gasteiger partial charge on any atom is -0.507 e. The molecule has 0 saturated carbocycles. The summed E-state index contributed by atoms with van der Waals surface area (Å²) < 4.78 is 13.2. The summed E-state index contributed by atoms with van der Waals surface area (Å²) in [7, 11) is 3.86. The van der Waals surface area contributed by atoms with Crippen molar-refractivity contribution in [2.24, 2.45) is 0 Å². The van der Waals surface area contributed by atoms with Crippen molar-refractivity contribution < 1.29 is 19.1 Å². The highest BCUT2D eigenvalue weighted by molar-refractivity contribution is 6.46. The van der Waals surface area contributed by atoms with Gasteiger partial charge in [-0.1, -0.05) is 6.07 Å². The molecule has 2 aromatic rings. The van der Waals surface area contributed by atoms with Crippen LogP contribution in [-0.2, 0) is 9.59 Å². The van der Waals surface area contributed by atoms with Crippen LogP contribution in [-0.4, -0.2) is 58.8 Å². The Balaban J connectivity index is 2.06. The van der Waals surface area contributed by atoms with Crippen LogP contribution in [0.3, 0.4) is 0 Å². The summed E-state index contributed by atoms with van der Waals surface area (Å²) in [6.07, 6.45) is 3.85. The van der Waals surface area contributed by atoms with Crippen LogP contribution in [0.1, 0.15) is 23.6 Å². The van der Waals surface area contributed by atoms with Crippen molar-refractivity contribution in [3.63, 3.8) is 0 Å². The maximum atomic E-state index is 13.2. The van der Waals surface area contributed by atoms with E-state index in [1.54, 1.807) is 24.5 Å². The molecule has 1 atom stereocenters. The number of pyridine rings is 1. The Morgan fingerprint density at radius 3 is 2.54 bits per heavy atom. The Bertz CT molecular complexity index is 895. The number of rotatable bonds is 6. The third-order valence-corrected chi connectivity index (χ3v) is 4.66. The van der Waals surface area contributed by atoms with Crippen molar-refractivity contribution in [2.45, 2.75) is 12.5 Å². The van der Waals surface area contributed by atoms with Crippen molar-refractivity contribution in [2.75, 3.05) is 27.2 Å². The summed E-state index contributed by atoms with van der Waals surface area (Å²) in [5, 5.41) is 10.8. The van der Waals surface area contributed by atoms with E-state index >= 15 is 0 Å². The van der Waals surface area contributed by atoms with Gasteiger partial charge in [0.05, 0.1) is 11.6 Å². The van der Waals surface area contributed by atoms with Crippen LogP contribution < -0.4 is 0 Å². The van der Waals surface area contributed by atoms with E-state index in [-0.39, 0.29) is 16.9 Å². The van der Waals surface area contributed by atoms with Crippen LogP contribution in [0.25, 0.3) is 5.76 Å². The van der Waals surface area contributed by atoms with E-state index in [2.05, 4.69) is 4.98 Å². The maximum absolute atomic E-state index is 13.2. The number of aromatic nitrogens is 1. The van der Waals surface area contributed by atoms with Gasteiger partial charge in [0.1, 0.15) is 11.6 Å². The molecule has 1 aromatic heterocycles. The van der Waals surface area contributed by atoms with Gasteiger partial charge in [-0.2, -0.15) is 0 Å². The molecule has 2 heterocycles. The summed E-state index contributed by atoms with van der Waals surface area (Å²) in [6.45, 7) is 1.11. The second-order valence-corrected chi connectivity index (χ2v) is 6.94. The van der Waals surface area contributed by atoms with Crippen molar-refractivity contribution in [1.82, 2.24) is 14.8 Å². The molecule has 0 unspecified atom stereocenters. The van der Waals surface area contributed by atoms with E-state index in [1.165, 1.54) is 29.2 Å². The monoisotopic (exact) mass is 383 g/mol. The lowest BCUT2D eigenvalue weighted by molar-refractivity contribution is -0.139. The fraction of sp³-hybridized carbons (Fsp3) is 0.286. The normalized spacial score (nSPS) is 18.9. The SMILES string of the molecule is CN(C)CCCN1C(=O)C(=O)/C(=C(/O)c2ccc(F)cc2)[C@@H]1c1cccnc1. The number of carbonyl (C=O) groups is 2. The smallest absolute Gasteiger partial charge is 0.295 e. The molecule has 1 aliphatic heterocycles. The van der Waals surface area contributed by atoms with Gasteiger partial charge >= 0.3 is 0 Å². The summed E-state index contributed by atoms with van der Waals surface area (Å²) in [5.41, 5.74) is 0.909. The van der Waals surface area contributed by atoms with Gasteiger partial charge in [0.25, 0.3) is 11.7 Å². The molecule has 0 bridgehead atoms. The standard InChI is InChI=1S/C21H22FN3O3/c1-24(2)11-4-12-25-18(15-5-3-10-23-13-15)17(20(27)21(25)28)19(26)14-6-8-16(22)9-7-14/h3,5-10,13,18,26H,4,11-12H2,1-2H3/b19-17+/t18-/m0/s1. The summed E-state index contributed by atoms with van der Waals surface area (Å²) in [6, 6.07) is 7.89. The molecule has 0 spiro atoms. The molecule has 1 N–H and O–H groups in total. The number of aliphatic hydroxyl groups is 1. The number of amides is 1. The molecule has 146 valence electrons. The predicted octanol–water partition coefficient (Wildman–Crippen LogP) is 2.59. The molecule has 1 aliphatic rings. The molecule has 1 amide bonds. The highest BCUT2D eigenvalue weighted by Gasteiger charge is 2.45. The first-order valence-corrected chi connectivity index (χ1v) is 8.99. The minimum atomic E-state index is -0.750. The van der Waals surface area contributed by atoms with E-state index in [0.717, 1.165) is 6.54 Å². The number of hydrogen-bond acceptors (Lipinski definition) is 5. The minimum absolute atomic E-state index is 0.00513. The number of ketones is 1. The number of likely N-dealkylation sites (tertiary alicyclic amines) is 1. The number of benzene rings is 1. The Labute approximate surface area is 162 Å². The number of hydrogen-bond donors (Lipinski definition) is 1. The second-order valence-electron chi connectivity index (χ2n) is 6.94. The third kappa shape index (κ3) is 3.94. The van der Waals surface area contributed by atoms with Gasteiger partial charge in [-0.05, 0) is 63.0 Å². The van der Waals surface area contributed by atoms with Crippen LogP contribution in [0.5, 0.6) is 0 Å². The lowest BCUT2D eigenvalue weighted by Crippen LogP contribution is -2.32. The van der Waals surface area contributed by atoms with Crippen molar-refractivity contribution >= 4 is 17.4 Å². The summed E-state index contributed by atoms with van der Waals surface area (Å²) >= 11 is 0. The molecule has 0 aliphatic carbocycles. The average molecular weight is 383 g/mol. The number of Topliss-reactive ketones (excluding diaryl/α,β-unsaturated/α-hetero) is 1. The van der Waals surface area contributed by atoms with Gasteiger partial charge in [0, 0.05) is 24.5 Å². The van der Waals surface area contributed by atoms with Gasteiger partial charge in [0.2, 0.25) is 0 Å². The van der Waals surface area contributed by atoms with Gasteiger partial charge in [-0.3, -0.25) is 14.6 Å². The van der Waals surface area contributed by atoms with Crippen LogP contribution >= 0.6 is 0 Å². The Hall–Kier alpha value is -3.06. The van der Waals surface area contributed by atoms with E-state index < -0.39 is 23.5 Å². The van der Waals surface area contributed by atoms with E-state index in [0.29, 0.717) is 18.5 Å². The van der Waals surface area contributed by atoms with E-state index in [4.69, 9.17) is 0 Å². The number of carbonyl (C=O) groups excluding carboxylic acids is 2. The topological polar surface area (TPSA) is 73.7 Å². The van der Waals surface area contributed by atoms with Crippen molar-refractivity contribution in [1.29, 1.82) is 0 Å². The highest BCUT2D eigenvalue weighted by Crippen LogP contribution is 2.39. The molecular weight excluding hydrogens is 361 g/mol. The molecular formula is C21H22FN3O3. The van der Waals surface area contributed by atoms with Crippen LogP contribution in [0, 0.1) is 5.82 Å². The first-order chi connectivity index (χ1) is 13.4. The van der Waals surface area contributed by atoms with E-state index in [1.807, 2.05) is 19.0 Å². The van der Waals surface area contributed by atoms with Crippen LogP contribution in [0.4, 0.5) is 4.39 Å². The Morgan fingerprint density at radius 1 is 1.21 bits per heavy atom. The molecule has 1 fully saturated rings. The van der Waals surface area contributed by atoms with E-state index in [9.17, 15) is 19.1 Å². The number of nitrogens with zero attached hydrogens (tertiary/aromatic N) is 3. The third-order valence-electron chi connectivity index (χ3n) is 4.66. The second kappa shape index (κ2) is 8.31. The lowest BCUT2D eigenvalue weighted by atomic mass is 9.96. The average Bonchev–Trinajstić information content (AvgIpc) is 2.93. The zero-order valence-electron chi connectivity index (χ0n) is 15.8. The fourth-order valence-electron chi connectivity index (χ4n) is 3.32. The molecule has 7 heteroatoms. The Kier molecular flexibility index (Phi) is 5.84. The molecule has 1 aromatic carbocycles. The van der Waals surface area contributed by atoms with Crippen molar-refractivity contribution in [3.8, 4) is 0 Å². The van der Waals surface area contributed by atoms with Gasteiger partial charge < -0.3 is 14.9 Å². The first kappa shape index (κ1) is 19.7. The molecule has 28 heavy (non-hydrogen) atoms. The van der Waals surface area contributed by atoms with Gasteiger partial charge in [0.15, 0.2) is 0 Å². The molecule has 3 rings (SSSR count). The summed E-state index contributed by atoms with van der Waals surface area (Å²) in [5.74, 6) is -2.18. The quantitative estimate of drug-likeness (QED) is 0.472. The lowest BCUT2D eigenvalue weighted by Gasteiger charge is -2.25. The van der Waals surface area contributed by atoms with Crippen LogP contribution in [0.15, 0.2) is 54.4 Å². The van der Waals surface area contributed by atoms with Gasteiger partial charge in [-0.25, -0.2) is 4.39 Å². The zero-order valence-corrected chi connectivity index (χ0v) is 15.8. The highest BCUT2D eigenvalue weighted by atomic mass is 19.1. The van der Waals surface area contributed by atoms with Gasteiger partial charge in [-0.15, -0.1) is 0 Å².